The molecule has 0 saturated carbocycles. The number of carbonyl (C=O) groups is 2. The van der Waals surface area contributed by atoms with Gasteiger partial charge in [-0.15, -0.1) is 0 Å². The number of aliphatic carboxylic acids is 1. The van der Waals surface area contributed by atoms with E-state index in [-0.39, 0.29) is 18.7 Å². The van der Waals surface area contributed by atoms with Crippen molar-refractivity contribution in [3.8, 4) is 0 Å². The monoisotopic (exact) mass is 311 g/mol. The third kappa shape index (κ3) is 4.68. The third-order valence-electron chi connectivity index (χ3n) is 3.64. The molecule has 0 spiro atoms. The van der Waals surface area contributed by atoms with E-state index in [1.165, 1.54) is 0 Å². The summed E-state index contributed by atoms with van der Waals surface area (Å²) < 4.78 is 0. The zero-order chi connectivity index (χ0) is 16.7. The molecule has 0 bridgehead atoms. The smallest absolute Gasteiger partial charge is 0.326 e. The van der Waals surface area contributed by atoms with Crippen LogP contribution in [0.3, 0.4) is 0 Å². The lowest BCUT2D eigenvalue weighted by Gasteiger charge is -2.15. The number of carboxylic acids is 1. The average molecular weight is 311 g/mol. The lowest BCUT2D eigenvalue weighted by Crippen LogP contribution is -2.42. The Kier molecular flexibility index (Phi) is 5.92. The van der Waals surface area contributed by atoms with Crippen LogP contribution >= 0.6 is 0 Å². The summed E-state index contributed by atoms with van der Waals surface area (Å²) in [6.45, 7) is 1.98. The van der Waals surface area contributed by atoms with Gasteiger partial charge in [-0.05, 0) is 22.8 Å². The molecule has 2 aromatic rings. The predicted octanol–water partition coefficient (Wildman–Crippen LogP) is 3.31. The molecule has 1 amide bonds. The van der Waals surface area contributed by atoms with Crippen LogP contribution in [-0.2, 0) is 16.0 Å². The largest absolute Gasteiger partial charge is 0.480 e. The molecular weight excluding hydrogens is 290 g/mol. The van der Waals surface area contributed by atoms with Crippen molar-refractivity contribution in [2.24, 2.45) is 0 Å². The molecule has 0 heterocycles. The molecule has 0 radical (unpaired) electrons. The summed E-state index contributed by atoms with van der Waals surface area (Å²) in [7, 11) is 0. The van der Waals surface area contributed by atoms with Crippen LogP contribution in [0.15, 0.2) is 54.6 Å². The lowest BCUT2D eigenvalue weighted by molar-refractivity contribution is -0.141. The average Bonchev–Trinajstić information content (AvgIpc) is 2.54. The Bertz CT molecular complexity index is 716. The first kappa shape index (κ1) is 16.7. The van der Waals surface area contributed by atoms with Crippen molar-refractivity contribution in [2.45, 2.75) is 32.2 Å². The maximum Gasteiger partial charge on any atom is 0.326 e. The van der Waals surface area contributed by atoms with Crippen LogP contribution < -0.4 is 5.32 Å². The van der Waals surface area contributed by atoms with Gasteiger partial charge >= 0.3 is 5.97 Å². The molecule has 0 aliphatic heterocycles. The van der Waals surface area contributed by atoms with Crippen molar-refractivity contribution in [3.63, 3.8) is 0 Å². The van der Waals surface area contributed by atoms with E-state index in [9.17, 15) is 14.7 Å². The number of carboxylic acid groups (broad SMARTS) is 1. The highest BCUT2D eigenvalue weighted by Gasteiger charge is 2.20. The van der Waals surface area contributed by atoms with E-state index < -0.39 is 12.0 Å². The molecule has 0 saturated heterocycles. The predicted molar refractivity (Wildman–Crippen MR) is 91.3 cm³/mol. The number of rotatable bonds is 7. The first-order valence-corrected chi connectivity index (χ1v) is 7.75. The number of benzene rings is 2. The van der Waals surface area contributed by atoms with Crippen molar-refractivity contribution >= 4 is 22.6 Å². The summed E-state index contributed by atoms with van der Waals surface area (Å²) in [5.74, 6) is -1.30. The second kappa shape index (κ2) is 8.13. The van der Waals surface area contributed by atoms with Crippen molar-refractivity contribution < 1.29 is 14.7 Å². The van der Waals surface area contributed by atoms with E-state index >= 15 is 0 Å². The maximum absolute atomic E-state index is 11.9. The van der Waals surface area contributed by atoms with Gasteiger partial charge in [-0.1, -0.05) is 61.5 Å². The Labute approximate surface area is 135 Å². The van der Waals surface area contributed by atoms with E-state index in [2.05, 4.69) is 5.32 Å². The van der Waals surface area contributed by atoms with Crippen LogP contribution in [0.25, 0.3) is 10.8 Å². The fraction of sp³-hybridized carbons (Fsp3) is 0.263. The second-order valence-electron chi connectivity index (χ2n) is 5.38. The normalized spacial score (nSPS) is 12.4. The SMILES string of the molecule is CC/C=C/CC(=O)N[C@@H](Cc1cccc2ccccc12)C(=O)O. The van der Waals surface area contributed by atoms with Gasteiger partial charge < -0.3 is 10.4 Å². The van der Waals surface area contributed by atoms with E-state index in [0.717, 1.165) is 22.8 Å². The van der Waals surface area contributed by atoms with Crippen LogP contribution in [0.1, 0.15) is 25.3 Å². The first-order chi connectivity index (χ1) is 11.1. The molecule has 0 fully saturated rings. The van der Waals surface area contributed by atoms with Gasteiger partial charge in [0.15, 0.2) is 0 Å². The van der Waals surface area contributed by atoms with Crippen molar-refractivity contribution in [1.29, 1.82) is 0 Å². The Morgan fingerprint density at radius 1 is 1.13 bits per heavy atom. The standard InChI is InChI=1S/C19H21NO3/c1-2-3-4-12-18(21)20-17(19(22)23)13-15-10-7-9-14-8-5-6-11-16(14)15/h3-11,17H,2,12-13H2,1H3,(H,20,21)(H,22,23)/b4-3+/t17-/m0/s1. The second-order valence-corrected chi connectivity index (χ2v) is 5.38. The van der Waals surface area contributed by atoms with E-state index in [1.807, 2.05) is 55.5 Å². The van der Waals surface area contributed by atoms with E-state index in [4.69, 9.17) is 0 Å². The quantitative estimate of drug-likeness (QED) is 0.771. The van der Waals surface area contributed by atoms with Crippen molar-refractivity contribution in [3.05, 3.63) is 60.2 Å². The summed E-state index contributed by atoms with van der Waals surface area (Å²) in [4.78, 5) is 23.3. The van der Waals surface area contributed by atoms with Gasteiger partial charge in [-0.3, -0.25) is 4.79 Å². The number of allylic oxidation sites excluding steroid dienone is 1. The summed E-state index contributed by atoms with van der Waals surface area (Å²) in [6.07, 6.45) is 4.96. The Morgan fingerprint density at radius 2 is 1.87 bits per heavy atom. The fourth-order valence-electron chi connectivity index (χ4n) is 2.50. The van der Waals surface area contributed by atoms with Gasteiger partial charge in [0.05, 0.1) is 0 Å². The number of carbonyl (C=O) groups excluding carboxylic acids is 1. The summed E-state index contributed by atoms with van der Waals surface area (Å²) >= 11 is 0. The number of hydrogen-bond donors (Lipinski definition) is 2. The number of hydrogen-bond acceptors (Lipinski definition) is 2. The highest BCUT2D eigenvalue weighted by atomic mass is 16.4. The van der Waals surface area contributed by atoms with Crippen LogP contribution in [0, 0.1) is 0 Å². The van der Waals surface area contributed by atoms with Crippen molar-refractivity contribution in [2.75, 3.05) is 0 Å². The molecule has 4 heteroatoms. The molecular formula is C19H21NO3. The molecule has 2 N–H and O–H groups in total. The highest BCUT2D eigenvalue weighted by molar-refractivity contribution is 5.88. The third-order valence-corrected chi connectivity index (χ3v) is 3.64. The molecule has 0 aromatic heterocycles. The van der Waals surface area contributed by atoms with Gasteiger partial charge in [0.1, 0.15) is 6.04 Å². The van der Waals surface area contributed by atoms with Gasteiger partial charge in [-0.2, -0.15) is 0 Å². The topological polar surface area (TPSA) is 66.4 Å². The Balaban J connectivity index is 2.14. The van der Waals surface area contributed by atoms with Gasteiger partial charge in [0.2, 0.25) is 5.91 Å². The number of amides is 1. The zero-order valence-electron chi connectivity index (χ0n) is 13.2. The molecule has 0 aliphatic carbocycles. The minimum Gasteiger partial charge on any atom is -0.480 e. The summed E-state index contributed by atoms with van der Waals surface area (Å²) in [6, 6.07) is 12.7. The molecule has 4 nitrogen and oxygen atoms in total. The minimum absolute atomic E-state index is 0.202. The zero-order valence-corrected chi connectivity index (χ0v) is 13.2. The van der Waals surface area contributed by atoms with Gasteiger partial charge in [0, 0.05) is 12.8 Å². The van der Waals surface area contributed by atoms with Crippen LogP contribution in [0.5, 0.6) is 0 Å². The molecule has 0 unspecified atom stereocenters. The Hall–Kier alpha value is -2.62. The molecule has 23 heavy (non-hydrogen) atoms. The molecule has 120 valence electrons. The maximum atomic E-state index is 11.9. The summed E-state index contributed by atoms with van der Waals surface area (Å²) in [5.41, 5.74) is 0.917. The molecule has 2 rings (SSSR count). The fourth-order valence-corrected chi connectivity index (χ4v) is 2.50. The highest BCUT2D eigenvalue weighted by Crippen LogP contribution is 2.19. The van der Waals surface area contributed by atoms with Crippen LogP contribution in [0.4, 0.5) is 0 Å². The van der Waals surface area contributed by atoms with Crippen molar-refractivity contribution in [1.82, 2.24) is 5.32 Å². The van der Waals surface area contributed by atoms with E-state index in [1.54, 1.807) is 6.08 Å². The van der Waals surface area contributed by atoms with Crippen LogP contribution in [0.2, 0.25) is 0 Å². The number of nitrogens with one attached hydrogen (secondary N) is 1. The first-order valence-electron chi connectivity index (χ1n) is 7.75. The summed E-state index contributed by atoms with van der Waals surface area (Å²) in [5, 5.41) is 14.1. The van der Waals surface area contributed by atoms with E-state index in [0.29, 0.717) is 0 Å². The molecule has 2 aromatic carbocycles. The van der Waals surface area contributed by atoms with Crippen LogP contribution in [-0.4, -0.2) is 23.0 Å². The molecule has 0 aliphatic rings. The minimum atomic E-state index is -1.02. The van der Waals surface area contributed by atoms with Gasteiger partial charge in [-0.25, -0.2) is 4.79 Å². The number of fused-ring (bicyclic) bond motifs is 1. The van der Waals surface area contributed by atoms with Gasteiger partial charge in [0.25, 0.3) is 0 Å². The molecule has 1 atom stereocenters. The lowest BCUT2D eigenvalue weighted by atomic mass is 9.98. The Morgan fingerprint density at radius 3 is 2.61 bits per heavy atom.